The number of pyridine rings is 1. The van der Waals surface area contributed by atoms with Crippen LogP contribution >= 0.6 is 0 Å². The Morgan fingerprint density at radius 2 is 1.85 bits per heavy atom. The number of nitrogens with zero attached hydrogens (tertiary/aromatic N) is 2. The molecule has 0 aliphatic rings. The third kappa shape index (κ3) is 6.49. The average molecular weight is 277 g/mol. The molecule has 3 heteroatoms. The lowest BCUT2D eigenvalue weighted by Crippen LogP contribution is -2.31. The number of aromatic nitrogens is 1. The summed E-state index contributed by atoms with van der Waals surface area (Å²) in [5.74, 6) is 0.680. The van der Waals surface area contributed by atoms with E-state index < -0.39 is 0 Å². The van der Waals surface area contributed by atoms with Gasteiger partial charge in [0, 0.05) is 19.1 Å². The number of rotatable bonds is 9. The summed E-state index contributed by atoms with van der Waals surface area (Å²) in [6, 6.07) is 6.94. The molecule has 0 spiro atoms. The molecule has 1 heterocycles. The maximum atomic E-state index is 4.77. The van der Waals surface area contributed by atoms with Crippen molar-refractivity contribution in [1.29, 1.82) is 0 Å². The van der Waals surface area contributed by atoms with E-state index in [1.54, 1.807) is 0 Å². The molecule has 0 aliphatic heterocycles. The van der Waals surface area contributed by atoms with Gasteiger partial charge in [0.05, 0.1) is 11.4 Å². The molecule has 0 aromatic carbocycles. The van der Waals surface area contributed by atoms with E-state index in [0.717, 1.165) is 31.9 Å². The van der Waals surface area contributed by atoms with Crippen molar-refractivity contribution in [2.24, 2.45) is 5.92 Å². The third-order valence-corrected chi connectivity index (χ3v) is 3.33. The van der Waals surface area contributed by atoms with E-state index in [-0.39, 0.29) is 0 Å². The van der Waals surface area contributed by atoms with Crippen LogP contribution in [0.2, 0.25) is 0 Å². The fourth-order valence-electron chi connectivity index (χ4n) is 2.22. The van der Waals surface area contributed by atoms with Gasteiger partial charge in [-0.25, -0.2) is 0 Å². The second kappa shape index (κ2) is 9.09. The molecule has 0 radical (unpaired) electrons. The molecule has 0 saturated carbocycles. The van der Waals surface area contributed by atoms with E-state index in [0.29, 0.717) is 12.0 Å². The van der Waals surface area contributed by atoms with E-state index in [1.807, 2.05) is 0 Å². The first kappa shape index (κ1) is 17.1. The molecule has 0 aliphatic carbocycles. The van der Waals surface area contributed by atoms with Gasteiger partial charge in [-0.1, -0.05) is 26.8 Å². The van der Waals surface area contributed by atoms with Gasteiger partial charge in [-0.3, -0.25) is 9.88 Å². The van der Waals surface area contributed by atoms with E-state index in [2.05, 4.69) is 63.0 Å². The SMILES string of the molecule is CCCN(Cc1cccc(CNCC(C)C)n1)C(C)C. The Balaban J connectivity index is 2.57. The predicted octanol–water partition coefficient (Wildman–Crippen LogP) is 3.45. The van der Waals surface area contributed by atoms with E-state index >= 15 is 0 Å². The standard InChI is InChI=1S/C17H31N3/c1-6-10-20(15(4)5)13-17-9-7-8-16(19-17)12-18-11-14(2)3/h7-9,14-15,18H,6,10-13H2,1-5H3. The van der Waals surface area contributed by atoms with Crippen molar-refractivity contribution in [1.82, 2.24) is 15.2 Å². The van der Waals surface area contributed by atoms with Crippen molar-refractivity contribution < 1.29 is 0 Å². The highest BCUT2D eigenvalue weighted by molar-refractivity contribution is 5.11. The molecule has 20 heavy (non-hydrogen) atoms. The molecule has 1 aromatic rings. The van der Waals surface area contributed by atoms with Crippen molar-refractivity contribution in [3.8, 4) is 0 Å². The fraction of sp³-hybridized carbons (Fsp3) is 0.706. The highest BCUT2D eigenvalue weighted by Crippen LogP contribution is 2.08. The molecule has 0 bridgehead atoms. The molecule has 0 amide bonds. The van der Waals surface area contributed by atoms with Crippen molar-refractivity contribution in [3.63, 3.8) is 0 Å². The van der Waals surface area contributed by atoms with Crippen LogP contribution in [0.4, 0.5) is 0 Å². The summed E-state index contributed by atoms with van der Waals surface area (Å²) in [5, 5.41) is 3.45. The number of hydrogen-bond donors (Lipinski definition) is 1. The minimum Gasteiger partial charge on any atom is -0.311 e. The van der Waals surface area contributed by atoms with Crippen LogP contribution in [0.25, 0.3) is 0 Å². The summed E-state index contributed by atoms with van der Waals surface area (Å²) in [6.45, 7) is 15.2. The largest absolute Gasteiger partial charge is 0.311 e. The van der Waals surface area contributed by atoms with Crippen molar-refractivity contribution in [2.75, 3.05) is 13.1 Å². The van der Waals surface area contributed by atoms with Crippen LogP contribution in [0.15, 0.2) is 18.2 Å². The Labute approximate surface area is 124 Å². The van der Waals surface area contributed by atoms with Gasteiger partial charge in [-0.15, -0.1) is 0 Å². The van der Waals surface area contributed by atoms with Gasteiger partial charge in [0.1, 0.15) is 0 Å². The van der Waals surface area contributed by atoms with Gasteiger partial charge in [0.25, 0.3) is 0 Å². The molecular weight excluding hydrogens is 246 g/mol. The lowest BCUT2D eigenvalue weighted by atomic mass is 10.2. The summed E-state index contributed by atoms with van der Waals surface area (Å²) in [5.41, 5.74) is 2.32. The van der Waals surface area contributed by atoms with E-state index in [1.165, 1.54) is 12.1 Å². The second-order valence-electron chi connectivity index (χ2n) is 6.21. The summed E-state index contributed by atoms with van der Waals surface area (Å²) in [6.07, 6.45) is 1.19. The Kier molecular flexibility index (Phi) is 7.78. The van der Waals surface area contributed by atoms with Gasteiger partial charge in [-0.05, 0) is 51.4 Å². The van der Waals surface area contributed by atoms with Crippen molar-refractivity contribution >= 4 is 0 Å². The summed E-state index contributed by atoms with van der Waals surface area (Å²) in [4.78, 5) is 7.25. The first-order valence-corrected chi connectivity index (χ1v) is 7.92. The zero-order valence-electron chi connectivity index (χ0n) is 13.8. The predicted molar refractivity (Wildman–Crippen MR) is 86.6 cm³/mol. The maximum absolute atomic E-state index is 4.77. The summed E-state index contributed by atoms with van der Waals surface area (Å²) < 4.78 is 0. The van der Waals surface area contributed by atoms with Crippen LogP contribution in [0, 0.1) is 5.92 Å². The lowest BCUT2D eigenvalue weighted by molar-refractivity contribution is 0.210. The van der Waals surface area contributed by atoms with Crippen LogP contribution in [0.5, 0.6) is 0 Å². The molecule has 0 fully saturated rings. The Morgan fingerprint density at radius 1 is 1.15 bits per heavy atom. The minimum absolute atomic E-state index is 0.569. The zero-order valence-corrected chi connectivity index (χ0v) is 13.8. The maximum Gasteiger partial charge on any atom is 0.0547 e. The van der Waals surface area contributed by atoms with Gasteiger partial charge in [0.2, 0.25) is 0 Å². The molecule has 0 unspecified atom stereocenters. The van der Waals surface area contributed by atoms with Crippen molar-refractivity contribution in [2.45, 2.75) is 60.2 Å². The Bertz CT molecular complexity index is 374. The highest BCUT2D eigenvalue weighted by atomic mass is 15.1. The highest BCUT2D eigenvalue weighted by Gasteiger charge is 2.10. The van der Waals surface area contributed by atoms with Crippen LogP contribution < -0.4 is 5.32 Å². The summed E-state index contributed by atoms with van der Waals surface area (Å²) >= 11 is 0. The average Bonchev–Trinajstić information content (AvgIpc) is 2.38. The van der Waals surface area contributed by atoms with Gasteiger partial charge in [0.15, 0.2) is 0 Å². The number of hydrogen-bond acceptors (Lipinski definition) is 3. The van der Waals surface area contributed by atoms with Crippen LogP contribution in [0.1, 0.15) is 52.4 Å². The van der Waals surface area contributed by atoms with Crippen LogP contribution in [-0.4, -0.2) is 29.0 Å². The summed E-state index contributed by atoms with van der Waals surface area (Å²) in [7, 11) is 0. The molecule has 114 valence electrons. The first-order valence-electron chi connectivity index (χ1n) is 7.92. The number of nitrogens with one attached hydrogen (secondary N) is 1. The third-order valence-electron chi connectivity index (χ3n) is 3.33. The molecule has 0 atom stereocenters. The monoisotopic (exact) mass is 277 g/mol. The van der Waals surface area contributed by atoms with Gasteiger partial charge < -0.3 is 5.32 Å². The molecule has 1 rings (SSSR count). The zero-order chi connectivity index (χ0) is 15.0. The fourth-order valence-corrected chi connectivity index (χ4v) is 2.22. The first-order chi connectivity index (χ1) is 9.52. The normalized spacial score (nSPS) is 11.8. The molecule has 3 nitrogen and oxygen atoms in total. The van der Waals surface area contributed by atoms with E-state index in [4.69, 9.17) is 4.98 Å². The lowest BCUT2D eigenvalue weighted by Gasteiger charge is -2.25. The topological polar surface area (TPSA) is 28.2 Å². The van der Waals surface area contributed by atoms with Crippen LogP contribution in [0.3, 0.4) is 0 Å². The second-order valence-corrected chi connectivity index (χ2v) is 6.21. The molecule has 1 aromatic heterocycles. The smallest absolute Gasteiger partial charge is 0.0547 e. The molecular formula is C17H31N3. The van der Waals surface area contributed by atoms with Gasteiger partial charge >= 0.3 is 0 Å². The Morgan fingerprint density at radius 3 is 2.45 bits per heavy atom. The van der Waals surface area contributed by atoms with Crippen LogP contribution in [-0.2, 0) is 13.1 Å². The molecule has 1 N–H and O–H groups in total. The van der Waals surface area contributed by atoms with Gasteiger partial charge in [-0.2, -0.15) is 0 Å². The molecule has 0 saturated heterocycles. The van der Waals surface area contributed by atoms with E-state index in [9.17, 15) is 0 Å². The Hall–Kier alpha value is -0.930. The van der Waals surface area contributed by atoms with Crippen molar-refractivity contribution in [3.05, 3.63) is 29.6 Å². The quantitative estimate of drug-likeness (QED) is 0.749. The minimum atomic E-state index is 0.569.